The van der Waals surface area contributed by atoms with Gasteiger partial charge in [0.1, 0.15) is 17.3 Å². The first-order chi connectivity index (χ1) is 28.5. The normalized spacial score (nSPS) is 15.6. The maximum absolute atomic E-state index is 12.9. The molecule has 2 saturated heterocycles. The minimum atomic E-state index is -0.0586. The SMILES string of the molecule is COc1ccc(CN(Cc2ccc(OC)cc2)c2ncc(-c3nc(N4CCOCC4)nc4c3CCN4Cc3ccc(C(=O)NCCN4CCOCC4)cc3)cn2)cc1. The zero-order valence-electron chi connectivity index (χ0n) is 33.3. The van der Waals surface area contributed by atoms with Crippen molar-refractivity contribution in [1.29, 1.82) is 0 Å². The lowest BCUT2D eigenvalue weighted by atomic mass is 10.1. The van der Waals surface area contributed by atoms with E-state index in [0.717, 1.165) is 110 Å². The van der Waals surface area contributed by atoms with Crippen LogP contribution >= 0.6 is 0 Å². The molecule has 0 atom stereocenters. The van der Waals surface area contributed by atoms with Crippen LogP contribution in [0.1, 0.15) is 32.6 Å². The van der Waals surface area contributed by atoms with Crippen molar-refractivity contribution in [2.24, 2.45) is 0 Å². The van der Waals surface area contributed by atoms with Gasteiger partial charge >= 0.3 is 0 Å². The summed E-state index contributed by atoms with van der Waals surface area (Å²) in [4.78, 5) is 42.1. The van der Waals surface area contributed by atoms with Gasteiger partial charge in [0.05, 0.1) is 46.3 Å². The first-order valence-electron chi connectivity index (χ1n) is 20.0. The van der Waals surface area contributed by atoms with E-state index in [9.17, 15) is 4.79 Å². The van der Waals surface area contributed by atoms with Crippen LogP contribution in [0.2, 0.25) is 0 Å². The van der Waals surface area contributed by atoms with Crippen LogP contribution in [-0.2, 0) is 35.5 Å². The van der Waals surface area contributed by atoms with Crippen molar-refractivity contribution in [3.63, 3.8) is 0 Å². The number of rotatable bonds is 15. The number of amides is 1. The monoisotopic (exact) mass is 785 g/mol. The molecule has 8 rings (SSSR count). The molecule has 3 aliphatic rings. The van der Waals surface area contributed by atoms with Gasteiger partial charge in [0.2, 0.25) is 11.9 Å². The van der Waals surface area contributed by atoms with Crippen molar-refractivity contribution in [3.05, 3.63) is 113 Å². The van der Waals surface area contributed by atoms with E-state index in [2.05, 4.69) is 49.2 Å². The number of anilines is 3. The Kier molecular flexibility index (Phi) is 12.5. The van der Waals surface area contributed by atoms with Crippen LogP contribution in [0, 0.1) is 0 Å². The predicted molar refractivity (Wildman–Crippen MR) is 223 cm³/mol. The molecule has 14 heteroatoms. The Balaban J connectivity index is 1.02. The second kappa shape index (κ2) is 18.6. The van der Waals surface area contributed by atoms with E-state index >= 15 is 0 Å². The highest BCUT2D eigenvalue weighted by atomic mass is 16.5. The Labute approximate surface area is 339 Å². The summed E-state index contributed by atoms with van der Waals surface area (Å²) in [5, 5.41) is 3.07. The Morgan fingerprint density at radius 1 is 0.741 bits per heavy atom. The number of aromatic nitrogens is 4. The van der Waals surface area contributed by atoms with Gasteiger partial charge in [-0.05, 0) is 59.5 Å². The fourth-order valence-corrected chi connectivity index (χ4v) is 7.55. The van der Waals surface area contributed by atoms with E-state index in [1.54, 1.807) is 14.2 Å². The molecule has 2 aromatic heterocycles. The first-order valence-corrected chi connectivity index (χ1v) is 20.0. The molecule has 0 bridgehead atoms. The van der Waals surface area contributed by atoms with Gasteiger partial charge in [0.15, 0.2) is 0 Å². The summed E-state index contributed by atoms with van der Waals surface area (Å²) in [6.07, 6.45) is 4.56. The Morgan fingerprint density at radius 3 is 1.93 bits per heavy atom. The predicted octanol–water partition coefficient (Wildman–Crippen LogP) is 4.62. The maximum atomic E-state index is 12.9. The molecule has 3 aromatic carbocycles. The number of morpholine rings is 2. The van der Waals surface area contributed by atoms with Gasteiger partial charge < -0.3 is 39.0 Å². The summed E-state index contributed by atoms with van der Waals surface area (Å²) in [6.45, 7) is 10.1. The fraction of sp³-hybridized carbons (Fsp3) is 0.386. The van der Waals surface area contributed by atoms with Crippen LogP contribution in [-0.4, -0.2) is 117 Å². The molecule has 1 N–H and O–H groups in total. The Hall–Kier alpha value is -5.83. The molecule has 1 amide bonds. The van der Waals surface area contributed by atoms with Gasteiger partial charge in [0, 0.05) is 94.5 Å². The number of ether oxygens (including phenoxy) is 4. The lowest BCUT2D eigenvalue weighted by Gasteiger charge is -2.28. The second-order valence-corrected chi connectivity index (χ2v) is 14.7. The summed E-state index contributed by atoms with van der Waals surface area (Å²) in [5.41, 5.74) is 6.76. The molecule has 5 heterocycles. The molecular weight excluding hydrogens is 735 g/mol. The number of nitrogens with one attached hydrogen (secondary N) is 1. The topological polar surface area (TPSA) is 131 Å². The Bertz CT molecular complexity index is 2060. The standard InChI is InChI=1S/C44H51N9O5/c1-55-37-11-5-33(6-12-37)30-53(31-34-7-13-38(56-2)14-8-34)43-46-27-36(28-47-43)40-39-15-17-52(41(39)49-44(48-40)51-21-25-58-26-22-51)29-32-3-9-35(10-4-32)42(54)45-16-18-50-19-23-57-24-20-50/h3-14,27-28H,15-26,29-31H2,1-2H3,(H,45,54). The van der Waals surface area contributed by atoms with E-state index in [-0.39, 0.29) is 5.91 Å². The average Bonchev–Trinajstić information content (AvgIpc) is 3.69. The quantitative estimate of drug-likeness (QED) is 0.159. The highest BCUT2D eigenvalue weighted by molar-refractivity contribution is 5.94. The molecule has 0 saturated carbocycles. The zero-order valence-corrected chi connectivity index (χ0v) is 33.3. The number of carbonyl (C=O) groups is 1. The van der Waals surface area contributed by atoms with E-state index < -0.39 is 0 Å². The van der Waals surface area contributed by atoms with Gasteiger partial charge in [-0.3, -0.25) is 9.69 Å². The van der Waals surface area contributed by atoms with Crippen molar-refractivity contribution in [1.82, 2.24) is 30.2 Å². The Morgan fingerprint density at radius 2 is 1.33 bits per heavy atom. The van der Waals surface area contributed by atoms with Crippen molar-refractivity contribution in [2.45, 2.75) is 26.1 Å². The average molecular weight is 786 g/mol. The fourth-order valence-electron chi connectivity index (χ4n) is 7.55. The minimum Gasteiger partial charge on any atom is -0.497 e. The van der Waals surface area contributed by atoms with Crippen LogP contribution in [0.4, 0.5) is 17.7 Å². The summed E-state index contributed by atoms with van der Waals surface area (Å²) < 4.78 is 21.9. The molecule has 0 spiro atoms. The lowest BCUT2D eigenvalue weighted by Crippen LogP contribution is -2.41. The van der Waals surface area contributed by atoms with E-state index in [4.69, 9.17) is 38.9 Å². The van der Waals surface area contributed by atoms with Crippen LogP contribution in [0.25, 0.3) is 11.3 Å². The van der Waals surface area contributed by atoms with Gasteiger partial charge in [0.25, 0.3) is 5.91 Å². The third-order valence-electron chi connectivity index (χ3n) is 10.9. The summed E-state index contributed by atoms with van der Waals surface area (Å²) in [5.74, 6) is 3.78. The number of benzene rings is 3. The van der Waals surface area contributed by atoms with Gasteiger partial charge in [-0.1, -0.05) is 36.4 Å². The highest BCUT2D eigenvalue weighted by Gasteiger charge is 2.29. The zero-order chi connectivity index (χ0) is 39.7. The van der Waals surface area contributed by atoms with Gasteiger partial charge in [-0.25, -0.2) is 15.0 Å². The molecule has 3 aliphatic heterocycles. The molecule has 5 aromatic rings. The van der Waals surface area contributed by atoms with E-state index in [0.29, 0.717) is 56.9 Å². The number of nitrogens with zero attached hydrogens (tertiary/aromatic N) is 8. The maximum Gasteiger partial charge on any atom is 0.251 e. The molecule has 302 valence electrons. The molecule has 0 radical (unpaired) electrons. The largest absolute Gasteiger partial charge is 0.497 e. The summed E-state index contributed by atoms with van der Waals surface area (Å²) in [7, 11) is 3.34. The van der Waals surface area contributed by atoms with Crippen LogP contribution in [0.3, 0.4) is 0 Å². The second-order valence-electron chi connectivity index (χ2n) is 14.7. The molecule has 0 unspecified atom stereocenters. The molecule has 58 heavy (non-hydrogen) atoms. The number of methoxy groups -OCH3 is 2. The van der Waals surface area contributed by atoms with Gasteiger partial charge in [-0.2, -0.15) is 4.98 Å². The third-order valence-corrected chi connectivity index (χ3v) is 10.9. The molecular formula is C44H51N9O5. The molecule has 14 nitrogen and oxygen atoms in total. The van der Waals surface area contributed by atoms with Crippen molar-refractivity contribution >= 4 is 23.6 Å². The first kappa shape index (κ1) is 39.0. The molecule has 0 aliphatic carbocycles. The molecule has 2 fully saturated rings. The van der Waals surface area contributed by atoms with Crippen LogP contribution in [0.5, 0.6) is 11.5 Å². The highest BCUT2D eigenvalue weighted by Crippen LogP contribution is 2.36. The summed E-state index contributed by atoms with van der Waals surface area (Å²) >= 11 is 0. The number of carbonyl (C=O) groups excluding carboxylic acids is 1. The van der Waals surface area contributed by atoms with Crippen LogP contribution < -0.4 is 29.5 Å². The lowest BCUT2D eigenvalue weighted by molar-refractivity contribution is 0.0383. The van der Waals surface area contributed by atoms with Crippen LogP contribution in [0.15, 0.2) is 85.2 Å². The summed E-state index contributed by atoms with van der Waals surface area (Å²) in [6, 6.07) is 24.0. The third kappa shape index (κ3) is 9.47. The van der Waals surface area contributed by atoms with Crippen molar-refractivity contribution < 1.29 is 23.7 Å². The number of hydrogen-bond donors (Lipinski definition) is 1. The van der Waals surface area contributed by atoms with Crippen molar-refractivity contribution in [3.8, 4) is 22.8 Å². The number of fused-ring (bicyclic) bond motifs is 1. The van der Waals surface area contributed by atoms with Crippen molar-refractivity contribution in [2.75, 3.05) is 101 Å². The van der Waals surface area contributed by atoms with Gasteiger partial charge in [-0.15, -0.1) is 0 Å². The number of hydrogen-bond acceptors (Lipinski definition) is 13. The van der Waals surface area contributed by atoms with E-state index in [1.807, 2.05) is 60.9 Å². The minimum absolute atomic E-state index is 0.0586. The van der Waals surface area contributed by atoms with E-state index in [1.165, 1.54) is 0 Å². The smallest absolute Gasteiger partial charge is 0.251 e.